The number of ether oxygens (including phenoxy) is 1. The van der Waals surface area contributed by atoms with E-state index in [1.54, 1.807) is 18.2 Å². The third kappa shape index (κ3) is 5.32. The molecule has 0 bridgehead atoms. The van der Waals surface area contributed by atoms with E-state index in [1.807, 2.05) is 13.8 Å². The molecule has 128 valence electrons. The highest BCUT2D eigenvalue weighted by Gasteiger charge is 2.26. The van der Waals surface area contributed by atoms with Gasteiger partial charge in [-0.25, -0.2) is 0 Å². The van der Waals surface area contributed by atoms with Crippen molar-refractivity contribution >= 4 is 27.6 Å². The van der Waals surface area contributed by atoms with Crippen molar-refractivity contribution < 1.29 is 14.3 Å². The summed E-state index contributed by atoms with van der Waals surface area (Å²) < 4.78 is 6.00. The molecule has 0 aliphatic rings. The Morgan fingerprint density at radius 2 is 1.91 bits per heavy atom. The zero-order valence-corrected chi connectivity index (χ0v) is 15.5. The van der Waals surface area contributed by atoms with Crippen molar-refractivity contribution in [3.63, 3.8) is 0 Å². The minimum absolute atomic E-state index is 0.121. The second-order valence-corrected chi connectivity index (χ2v) is 6.42. The highest BCUT2D eigenvalue weighted by atomic mass is 79.9. The average molecular weight is 385 g/mol. The quantitative estimate of drug-likeness (QED) is 0.641. The smallest absolute Gasteiger partial charge is 0.220 e. The molecule has 0 spiro atoms. The van der Waals surface area contributed by atoms with Gasteiger partial charge < -0.3 is 15.8 Å². The molecule has 6 heteroatoms. The van der Waals surface area contributed by atoms with Gasteiger partial charge in [-0.15, -0.1) is 0 Å². The van der Waals surface area contributed by atoms with Crippen molar-refractivity contribution in [3.8, 4) is 5.75 Å². The van der Waals surface area contributed by atoms with Crippen LogP contribution in [0.15, 0.2) is 22.7 Å². The number of hydrogen-bond donors (Lipinski definition) is 2. The number of Topliss-reactive ketones (excluding diaryl/α,β-unsaturated/α-hetero) is 1. The number of carbonyl (C=O) groups excluding carboxylic acids is 2. The SMILES string of the molecule is CCC(CC)(CN)NC(=O)CCC(=O)c1cc(Br)ccc1OC. The molecule has 0 saturated carbocycles. The number of ketones is 1. The zero-order valence-electron chi connectivity index (χ0n) is 13.9. The maximum Gasteiger partial charge on any atom is 0.220 e. The molecule has 0 saturated heterocycles. The number of benzene rings is 1. The molecule has 0 aliphatic heterocycles. The summed E-state index contributed by atoms with van der Waals surface area (Å²) >= 11 is 3.34. The van der Waals surface area contributed by atoms with E-state index in [4.69, 9.17) is 10.5 Å². The van der Waals surface area contributed by atoms with E-state index in [1.165, 1.54) is 7.11 Å². The zero-order chi connectivity index (χ0) is 17.5. The van der Waals surface area contributed by atoms with E-state index in [9.17, 15) is 9.59 Å². The first kappa shape index (κ1) is 19.6. The van der Waals surface area contributed by atoms with Crippen LogP contribution in [0, 0.1) is 0 Å². The number of nitrogens with one attached hydrogen (secondary N) is 1. The molecular formula is C17H25BrN2O3. The molecule has 1 rings (SSSR count). The summed E-state index contributed by atoms with van der Waals surface area (Å²) in [6, 6.07) is 5.24. The normalized spacial score (nSPS) is 11.2. The first-order valence-electron chi connectivity index (χ1n) is 7.79. The lowest BCUT2D eigenvalue weighted by atomic mass is 9.92. The second kappa shape index (κ2) is 9.03. The van der Waals surface area contributed by atoms with Gasteiger partial charge in [0, 0.05) is 23.9 Å². The molecule has 0 heterocycles. The largest absolute Gasteiger partial charge is 0.496 e. The van der Waals surface area contributed by atoms with Gasteiger partial charge in [0.05, 0.1) is 18.2 Å². The molecule has 1 aromatic carbocycles. The lowest BCUT2D eigenvalue weighted by molar-refractivity contribution is -0.123. The van der Waals surface area contributed by atoms with Crippen LogP contribution in [-0.4, -0.2) is 30.9 Å². The monoisotopic (exact) mass is 384 g/mol. The molecule has 0 aromatic heterocycles. The molecule has 1 aromatic rings. The van der Waals surface area contributed by atoms with Crippen LogP contribution in [0.5, 0.6) is 5.75 Å². The van der Waals surface area contributed by atoms with E-state index in [2.05, 4.69) is 21.2 Å². The Kier molecular flexibility index (Phi) is 7.72. The lowest BCUT2D eigenvalue weighted by Crippen LogP contribution is -2.52. The van der Waals surface area contributed by atoms with Gasteiger partial charge in [0.25, 0.3) is 0 Å². The van der Waals surface area contributed by atoms with Crippen LogP contribution in [0.3, 0.4) is 0 Å². The summed E-state index contributed by atoms with van der Waals surface area (Å²) in [7, 11) is 1.52. The number of hydrogen-bond acceptors (Lipinski definition) is 4. The van der Waals surface area contributed by atoms with Crippen LogP contribution in [0.25, 0.3) is 0 Å². The van der Waals surface area contributed by atoms with Gasteiger partial charge in [-0.3, -0.25) is 9.59 Å². The summed E-state index contributed by atoms with van der Waals surface area (Å²) in [6.45, 7) is 4.38. The summed E-state index contributed by atoms with van der Waals surface area (Å²) in [5, 5.41) is 2.97. The van der Waals surface area contributed by atoms with Crippen molar-refractivity contribution in [1.82, 2.24) is 5.32 Å². The standard InChI is InChI=1S/C17H25BrN2O3/c1-4-17(5-2,11-19)20-16(22)9-7-14(21)13-10-12(18)6-8-15(13)23-3/h6,8,10H,4-5,7,9,11,19H2,1-3H3,(H,20,22). The summed E-state index contributed by atoms with van der Waals surface area (Å²) in [5.74, 6) is 0.239. The first-order valence-corrected chi connectivity index (χ1v) is 8.58. The van der Waals surface area contributed by atoms with E-state index < -0.39 is 0 Å². The van der Waals surface area contributed by atoms with E-state index in [0.29, 0.717) is 17.9 Å². The number of methoxy groups -OCH3 is 1. The molecule has 0 fully saturated rings. The highest BCUT2D eigenvalue weighted by molar-refractivity contribution is 9.10. The fraction of sp³-hybridized carbons (Fsp3) is 0.529. The van der Waals surface area contributed by atoms with Crippen LogP contribution in [0.4, 0.5) is 0 Å². The number of carbonyl (C=O) groups is 2. The van der Waals surface area contributed by atoms with Crippen LogP contribution in [-0.2, 0) is 4.79 Å². The van der Waals surface area contributed by atoms with Crippen LogP contribution in [0.2, 0.25) is 0 Å². The minimum atomic E-state index is -0.381. The fourth-order valence-corrected chi connectivity index (χ4v) is 2.75. The summed E-state index contributed by atoms with van der Waals surface area (Å²) in [4.78, 5) is 24.5. The molecular weight excluding hydrogens is 360 g/mol. The van der Waals surface area contributed by atoms with Crippen LogP contribution >= 0.6 is 15.9 Å². The molecule has 0 aliphatic carbocycles. The molecule has 3 N–H and O–H groups in total. The molecule has 1 amide bonds. The fourth-order valence-electron chi connectivity index (χ4n) is 2.38. The third-order valence-electron chi connectivity index (χ3n) is 4.19. The van der Waals surface area contributed by atoms with Gasteiger partial charge in [-0.05, 0) is 31.0 Å². The Labute approximate surface area is 146 Å². The van der Waals surface area contributed by atoms with Crippen molar-refractivity contribution in [2.75, 3.05) is 13.7 Å². The first-order chi connectivity index (χ1) is 10.9. The Hall–Kier alpha value is -1.40. The average Bonchev–Trinajstić information content (AvgIpc) is 2.57. The summed E-state index contributed by atoms with van der Waals surface area (Å²) in [6.07, 6.45) is 1.79. The topological polar surface area (TPSA) is 81.4 Å². The van der Waals surface area contributed by atoms with Gasteiger partial charge in [-0.1, -0.05) is 29.8 Å². The van der Waals surface area contributed by atoms with E-state index in [0.717, 1.165) is 17.3 Å². The van der Waals surface area contributed by atoms with Gasteiger partial charge in [0.1, 0.15) is 5.75 Å². The highest BCUT2D eigenvalue weighted by Crippen LogP contribution is 2.24. The maximum absolute atomic E-state index is 12.3. The Morgan fingerprint density at radius 1 is 1.26 bits per heavy atom. The second-order valence-electron chi connectivity index (χ2n) is 5.51. The Balaban J connectivity index is 2.69. The summed E-state index contributed by atoms with van der Waals surface area (Å²) in [5.41, 5.74) is 5.87. The van der Waals surface area contributed by atoms with Gasteiger partial charge in [0.15, 0.2) is 5.78 Å². The molecule has 0 radical (unpaired) electrons. The third-order valence-corrected chi connectivity index (χ3v) is 4.68. The Morgan fingerprint density at radius 3 is 2.43 bits per heavy atom. The maximum atomic E-state index is 12.3. The number of nitrogens with two attached hydrogens (primary N) is 1. The number of halogens is 1. The Bertz CT molecular complexity index is 549. The van der Waals surface area contributed by atoms with Crippen molar-refractivity contribution in [3.05, 3.63) is 28.2 Å². The van der Waals surface area contributed by atoms with Gasteiger partial charge in [0.2, 0.25) is 5.91 Å². The van der Waals surface area contributed by atoms with Crippen LogP contribution in [0.1, 0.15) is 49.9 Å². The molecule has 0 atom stereocenters. The van der Waals surface area contributed by atoms with Crippen molar-refractivity contribution in [2.45, 2.75) is 45.1 Å². The molecule has 0 unspecified atom stereocenters. The van der Waals surface area contributed by atoms with Gasteiger partial charge >= 0.3 is 0 Å². The minimum Gasteiger partial charge on any atom is -0.496 e. The number of rotatable bonds is 9. The predicted molar refractivity (Wildman–Crippen MR) is 94.8 cm³/mol. The van der Waals surface area contributed by atoms with Gasteiger partial charge in [-0.2, -0.15) is 0 Å². The van der Waals surface area contributed by atoms with E-state index in [-0.39, 0.29) is 30.1 Å². The van der Waals surface area contributed by atoms with Crippen molar-refractivity contribution in [2.24, 2.45) is 5.73 Å². The predicted octanol–water partition coefficient (Wildman–Crippen LogP) is 3.05. The van der Waals surface area contributed by atoms with Crippen LogP contribution < -0.4 is 15.8 Å². The molecule has 23 heavy (non-hydrogen) atoms. The van der Waals surface area contributed by atoms with E-state index >= 15 is 0 Å². The lowest BCUT2D eigenvalue weighted by Gasteiger charge is -2.31. The molecule has 5 nitrogen and oxygen atoms in total. The van der Waals surface area contributed by atoms with Crippen molar-refractivity contribution in [1.29, 1.82) is 0 Å². The number of amides is 1.